The fourth-order valence-corrected chi connectivity index (χ4v) is 1.38. The Morgan fingerprint density at radius 3 is 2.67 bits per heavy atom. The number of hydrogen-bond donors (Lipinski definition) is 1. The molecule has 1 rings (SSSR count). The van der Waals surface area contributed by atoms with Crippen molar-refractivity contribution in [2.75, 3.05) is 0 Å². The predicted molar refractivity (Wildman–Crippen MR) is 51.5 cm³/mol. The quantitative estimate of drug-likeness (QED) is 0.661. The molecule has 4 heteroatoms. The van der Waals surface area contributed by atoms with Gasteiger partial charge in [0.15, 0.2) is 5.78 Å². The molecule has 1 saturated carbocycles. The van der Waals surface area contributed by atoms with Gasteiger partial charge >= 0.3 is 0 Å². The second-order valence-electron chi connectivity index (χ2n) is 2.97. The normalized spacial score (nSPS) is 22.8. The molecule has 0 aromatic rings. The molecule has 1 amide bonds. The van der Waals surface area contributed by atoms with Gasteiger partial charge in [-0.1, -0.05) is 6.42 Å². The molecule has 0 spiro atoms. The maximum atomic E-state index is 11.1. The molecule has 0 unspecified atom stereocenters. The summed E-state index contributed by atoms with van der Waals surface area (Å²) in [6, 6.07) is -0.193. The van der Waals surface area contributed by atoms with Crippen molar-refractivity contribution >= 4 is 25.2 Å². The molecule has 1 atom stereocenters. The number of hydrogen-bond acceptors (Lipinski definition) is 2. The Morgan fingerprint density at radius 2 is 2.17 bits per heavy atom. The van der Waals surface area contributed by atoms with Crippen LogP contribution in [0.4, 0.5) is 0 Å². The van der Waals surface area contributed by atoms with Gasteiger partial charge in [-0.25, -0.2) is 0 Å². The lowest BCUT2D eigenvalue weighted by Gasteiger charge is -2.20. The third-order valence-corrected chi connectivity index (χ3v) is 1.93. The molecule has 12 heavy (non-hydrogen) atoms. The molecule has 0 aromatic carbocycles. The molecule has 0 aliphatic heterocycles. The van der Waals surface area contributed by atoms with E-state index in [-0.39, 0.29) is 31.2 Å². The number of ketones is 1. The van der Waals surface area contributed by atoms with Gasteiger partial charge in [0.05, 0.1) is 6.04 Å². The summed E-state index contributed by atoms with van der Waals surface area (Å²) in [5.74, 6) is 0.0803. The Bertz CT molecular complexity index is 182. The van der Waals surface area contributed by atoms with Gasteiger partial charge < -0.3 is 5.32 Å². The van der Waals surface area contributed by atoms with Crippen LogP contribution in [0.5, 0.6) is 0 Å². The number of carbonyl (C=O) groups excluding carboxylic acids is 2. The van der Waals surface area contributed by atoms with Crippen molar-refractivity contribution in [1.82, 2.24) is 5.32 Å². The van der Waals surface area contributed by atoms with Crippen LogP contribution in [0.2, 0.25) is 0 Å². The largest absolute Gasteiger partial charge is 0.347 e. The van der Waals surface area contributed by atoms with Crippen LogP contribution in [0.25, 0.3) is 0 Å². The number of rotatable bonds is 1. The van der Waals surface area contributed by atoms with E-state index in [9.17, 15) is 9.59 Å². The highest BCUT2D eigenvalue weighted by Crippen LogP contribution is 2.13. The van der Waals surface area contributed by atoms with Crippen LogP contribution in [0.3, 0.4) is 0 Å². The van der Waals surface area contributed by atoms with Gasteiger partial charge in [-0.05, 0) is 12.8 Å². The minimum absolute atomic E-state index is 0. The number of nitrogens with one attached hydrogen (secondary N) is 1. The van der Waals surface area contributed by atoms with Crippen LogP contribution in [0, 0.1) is 0 Å². The van der Waals surface area contributed by atoms with E-state index in [1.165, 1.54) is 6.92 Å². The van der Waals surface area contributed by atoms with Gasteiger partial charge in [0, 0.05) is 13.3 Å². The molecule has 3 nitrogen and oxygen atoms in total. The average Bonchev–Trinajstić information content (AvgIpc) is 1.93. The zero-order valence-electron chi connectivity index (χ0n) is 7.22. The van der Waals surface area contributed by atoms with E-state index in [1.807, 2.05) is 0 Å². The van der Waals surface area contributed by atoms with Crippen LogP contribution in [-0.4, -0.2) is 17.7 Å². The second-order valence-corrected chi connectivity index (χ2v) is 2.97. The predicted octanol–water partition coefficient (Wildman–Crippen LogP) is 0.747. The Kier molecular flexibility index (Phi) is 4.97. The van der Waals surface area contributed by atoms with Crippen molar-refractivity contribution in [3.8, 4) is 0 Å². The monoisotopic (exact) mass is 189 g/mol. The highest BCUT2D eigenvalue weighted by Gasteiger charge is 2.21. The first-order valence-corrected chi connectivity index (χ1v) is 4.00. The van der Waals surface area contributed by atoms with Gasteiger partial charge in [0.1, 0.15) is 0 Å². The van der Waals surface area contributed by atoms with E-state index >= 15 is 0 Å². The fraction of sp³-hybridized carbons (Fsp3) is 0.750. The molecule has 1 N–H and O–H groups in total. The smallest absolute Gasteiger partial charge is 0.217 e. The van der Waals surface area contributed by atoms with Crippen LogP contribution in [0.1, 0.15) is 32.6 Å². The Hall–Kier alpha value is -0.510. The molecular weight excluding hydrogens is 174 g/mol. The second kappa shape index (κ2) is 5.19. The topological polar surface area (TPSA) is 46.2 Å². The summed E-state index contributed by atoms with van der Waals surface area (Å²) >= 11 is 0. The van der Waals surface area contributed by atoms with Crippen LogP contribution in [0.15, 0.2) is 0 Å². The molecule has 1 aliphatic carbocycles. The van der Waals surface area contributed by atoms with Gasteiger partial charge in [-0.3, -0.25) is 9.59 Å². The zero-order valence-corrected chi connectivity index (χ0v) is 8.22. The first-order valence-electron chi connectivity index (χ1n) is 4.00. The molecule has 0 saturated heterocycles. The van der Waals surface area contributed by atoms with Gasteiger partial charge in [-0.2, -0.15) is 13.5 Å². The van der Waals surface area contributed by atoms with E-state index in [0.717, 1.165) is 19.3 Å². The standard InChI is InChI=1S/C8H13NO2.H2S/c1-6(10)9-7-4-2-3-5-8(7)11;/h7H,2-5H2,1H3,(H,9,10);1H2/t7-;/m0./s1. The summed E-state index contributed by atoms with van der Waals surface area (Å²) < 4.78 is 0. The lowest BCUT2D eigenvalue weighted by molar-refractivity contribution is -0.127. The van der Waals surface area contributed by atoms with E-state index in [2.05, 4.69) is 5.32 Å². The summed E-state index contributed by atoms with van der Waals surface area (Å²) in [4.78, 5) is 21.7. The third kappa shape index (κ3) is 3.26. The lowest BCUT2D eigenvalue weighted by atomic mass is 9.94. The van der Waals surface area contributed by atoms with E-state index in [0.29, 0.717) is 6.42 Å². The van der Waals surface area contributed by atoms with Crippen molar-refractivity contribution < 1.29 is 9.59 Å². The zero-order chi connectivity index (χ0) is 8.27. The summed E-state index contributed by atoms with van der Waals surface area (Å²) in [5, 5.41) is 2.64. The van der Waals surface area contributed by atoms with E-state index < -0.39 is 0 Å². The van der Waals surface area contributed by atoms with Crippen LogP contribution in [-0.2, 0) is 9.59 Å². The average molecular weight is 189 g/mol. The van der Waals surface area contributed by atoms with E-state index in [4.69, 9.17) is 0 Å². The Labute approximate surface area is 79.4 Å². The molecular formula is C8H15NO2S. The SMILES string of the molecule is CC(=O)N[C@H]1CCCCC1=O.S. The van der Waals surface area contributed by atoms with Crippen molar-refractivity contribution in [1.29, 1.82) is 0 Å². The van der Waals surface area contributed by atoms with Crippen molar-refractivity contribution in [2.45, 2.75) is 38.6 Å². The summed E-state index contributed by atoms with van der Waals surface area (Å²) in [7, 11) is 0. The molecule has 0 bridgehead atoms. The van der Waals surface area contributed by atoms with Crippen molar-refractivity contribution in [3.63, 3.8) is 0 Å². The van der Waals surface area contributed by atoms with E-state index in [1.54, 1.807) is 0 Å². The number of carbonyl (C=O) groups is 2. The van der Waals surface area contributed by atoms with Crippen molar-refractivity contribution in [3.05, 3.63) is 0 Å². The highest BCUT2D eigenvalue weighted by molar-refractivity contribution is 7.59. The lowest BCUT2D eigenvalue weighted by Crippen LogP contribution is -2.41. The molecule has 1 aliphatic rings. The highest BCUT2D eigenvalue weighted by atomic mass is 32.1. The number of amides is 1. The van der Waals surface area contributed by atoms with Gasteiger partial charge in [-0.15, -0.1) is 0 Å². The summed E-state index contributed by atoms with van der Waals surface area (Å²) in [6.07, 6.45) is 3.48. The van der Waals surface area contributed by atoms with Crippen molar-refractivity contribution in [2.24, 2.45) is 0 Å². The van der Waals surface area contributed by atoms with Crippen LogP contribution < -0.4 is 5.32 Å². The minimum atomic E-state index is -0.193. The van der Waals surface area contributed by atoms with Gasteiger partial charge in [0.2, 0.25) is 5.91 Å². The number of Topliss-reactive ketones (excluding diaryl/α,β-unsaturated/α-hetero) is 1. The molecule has 1 fully saturated rings. The molecule has 0 radical (unpaired) electrons. The molecule has 70 valence electrons. The van der Waals surface area contributed by atoms with Crippen LogP contribution >= 0.6 is 13.5 Å². The molecule has 0 aromatic heterocycles. The van der Waals surface area contributed by atoms with Gasteiger partial charge in [0.25, 0.3) is 0 Å². The summed E-state index contributed by atoms with van der Waals surface area (Å²) in [5.41, 5.74) is 0. The molecule has 0 heterocycles. The third-order valence-electron chi connectivity index (χ3n) is 1.93. The maximum Gasteiger partial charge on any atom is 0.217 e. The first-order chi connectivity index (χ1) is 5.20. The maximum absolute atomic E-state index is 11.1. The minimum Gasteiger partial charge on any atom is -0.347 e. The fourth-order valence-electron chi connectivity index (χ4n) is 1.38. The summed E-state index contributed by atoms with van der Waals surface area (Å²) in [6.45, 7) is 1.45. The first kappa shape index (κ1) is 11.5. The Balaban J connectivity index is 0.00000121. The Morgan fingerprint density at radius 1 is 1.50 bits per heavy atom.